The molecule has 7 heteroatoms. The average Bonchev–Trinajstić information content (AvgIpc) is 2.98. The molecule has 3 aromatic rings. The Morgan fingerprint density at radius 3 is 2.47 bits per heavy atom. The topological polar surface area (TPSA) is 74.7 Å². The van der Waals surface area contributed by atoms with E-state index in [-0.39, 0.29) is 23.0 Å². The molecular weight excluding hydrogens is 385 g/mol. The largest absolute Gasteiger partial charge is 0.494 e. The number of benzene rings is 1. The molecule has 1 aliphatic carbocycles. The van der Waals surface area contributed by atoms with Crippen LogP contribution in [0.1, 0.15) is 62.3 Å². The molecule has 5 rings (SSSR count). The van der Waals surface area contributed by atoms with Crippen LogP contribution in [0.15, 0.2) is 22.7 Å². The Labute approximate surface area is 174 Å². The van der Waals surface area contributed by atoms with Crippen LogP contribution in [0.25, 0.3) is 11.0 Å². The molecule has 0 atom stereocenters. The van der Waals surface area contributed by atoms with Gasteiger partial charge in [-0.1, -0.05) is 19.0 Å². The lowest BCUT2D eigenvalue weighted by molar-refractivity contribution is 0.204. The van der Waals surface area contributed by atoms with Crippen molar-refractivity contribution in [2.75, 3.05) is 19.6 Å². The first-order valence-corrected chi connectivity index (χ1v) is 10.8. The number of aromatic nitrogens is 2. The second-order valence-electron chi connectivity index (χ2n) is 9.21. The highest BCUT2D eigenvalue weighted by atomic mass is 19.1. The lowest BCUT2D eigenvalue weighted by Gasteiger charge is -2.31. The first kappa shape index (κ1) is 19.4. The van der Waals surface area contributed by atoms with Gasteiger partial charge in [0.1, 0.15) is 5.82 Å². The number of halogens is 1. The van der Waals surface area contributed by atoms with Crippen molar-refractivity contribution < 1.29 is 19.1 Å². The molecule has 2 aromatic heterocycles. The highest BCUT2D eigenvalue weighted by Gasteiger charge is 2.51. The van der Waals surface area contributed by atoms with E-state index in [1.54, 1.807) is 10.6 Å². The molecule has 0 saturated carbocycles. The summed E-state index contributed by atoms with van der Waals surface area (Å²) in [5, 5.41) is 25.8. The highest BCUT2D eigenvalue weighted by molar-refractivity contribution is 5.79. The lowest BCUT2D eigenvalue weighted by Crippen LogP contribution is -2.33. The molecular formula is C23H28FN3O3. The SMILES string of the molecule is CC1(C)c2c1c(O)n(CCCCN1CCC(c3noc4cc(F)ccc34)CC1)c2O. The van der Waals surface area contributed by atoms with Crippen LogP contribution in [0, 0.1) is 5.82 Å². The minimum absolute atomic E-state index is 0.168. The van der Waals surface area contributed by atoms with Gasteiger partial charge in [-0.15, -0.1) is 0 Å². The number of aromatic hydroxyl groups is 2. The summed E-state index contributed by atoms with van der Waals surface area (Å²) in [6.07, 6.45) is 3.95. The molecule has 2 aliphatic rings. The number of unbranched alkanes of at least 4 members (excludes halogenated alkanes) is 1. The average molecular weight is 413 g/mol. The second kappa shape index (κ2) is 7.01. The van der Waals surface area contributed by atoms with E-state index in [4.69, 9.17) is 4.52 Å². The summed E-state index contributed by atoms with van der Waals surface area (Å²) in [7, 11) is 0. The van der Waals surface area contributed by atoms with Crippen LogP contribution in [0.2, 0.25) is 0 Å². The fraction of sp³-hybridized carbons (Fsp3) is 0.522. The molecule has 1 fully saturated rings. The molecule has 0 spiro atoms. The Balaban J connectivity index is 1.10. The van der Waals surface area contributed by atoms with Gasteiger partial charge >= 0.3 is 0 Å². The first-order valence-electron chi connectivity index (χ1n) is 10.8. The van der Waals surface area contributed by atoms with E-state index in [9.17, 15) is 14.6 Å². The van der Waals surface area contributed by atoms with Crippen LogP contribution in [-0.4, -0.2) is 44.5 Å². The zero-order chi connectivity index (χ0) is 21.0. The molecule has 0 amide bonds. The molecule has 1 aromatic carbocycles. The molecule has 0 radical (unpaired) electrons. The van der Waals surface area contributed by atoms with Gasteiger partial charge in [-0.2, -0.15) is 0 Å². The standard InChI is InChI=1S/C23H28FN3O3/c1-23(2)18-19(23)22(29)27(21(18)28)10-4-3-9-26-11-7-14(8-12-26)20-16-6-5-15(24)13-17(16)30-25-20/h5-6,13-14,28-29H,3-4,7-12H2,1-2H3. The predicted molar refractivity (Wildman–Crippen MR) is 112 cm³/mol. The van der Waals surface area contributed by atoms with E-state index in [1.807, 2.05) is 13.8 Å². The maximum atomic E-state index is 13.4. The molecule has 1 aliphatic heterocycles. The van der Waals surface area contributed by atoms with Crippen LogP contribution in [-0.2, 0) is 12.0 Å². The Kier molecular flexibility index (Phi) is 4.54. The lowest BCUT2D eigenvalue weighted by atomic mass is 9.91. The second-order valence-corrected chi connectivity index (χ2v) is 9.21. The van der Waals surface area contributed by atoms with Gasteiger partial charge in [0.25, 0.3) is 0 Å². The summed E-state index contributed by atoms with van der Waals surface area (Å²) in [6, 6.07) is 4.62. The number of hydrogen-bond donors (Lipinski definition) is 2. The fourth-order valence-corrected chi connectivity index (χ4v) is 5.09. The zero-order valence-electron chi connectivity index (χ0n) is 17.5. The molecule has 1 saturated heterocycles. The number of nitrogens with zero attached hydrogens (tertiary/aromatic N) is 3. The summed E-state index contributed by atoms with van der Waals surface area (Å²) < 4.78 is 20.3. The minimum atomic E-state index is -0.302. The zero-order valence-corrected chi connectivity index (χ0v) is 17.5. The van der Waals surface area contributed by atoms with E-state index in [0.29, 0.717) is 18.0 Å². The third kappa shape index (κ3) is 3.07. The molecule has 0 unspecified atom stereocenters. The van der Waals surface area contributed by atoms with E-state index < -0.39 is 0 Å². The number of hydrogen-bond acceptors (Lipinski definition) is 5. The molecule has 3 heterocycles. The molecule has 0 bridgehead atoms. The van der Waals surface area contributed by atoms with E-state index in [0.717, 1.165) is 67.5 Å². The molecule has 2 N–H and O–H groups in total. The number of piperidine rings is 1. The van der Waals surface area contributed by atoms with Gasteiger partial charge in [-0.05, 0) is 57.5 Å². The van der Waals surface area contributed by atoms with Gasteiger partial charge in [0.2, 0.25) is 0 Å². The van der Waals surface area contributed by atoms with Gasteiger partial charge in [-0.25, -0.2) is 4.39 Å². The summed E-state index contributed by atoms with van der Waals surface area (Å²) in [4.78, 5) is 2.46. The summed E-state index contributed by atoms with van der Waals surface area (Å²) in [5.74, 6) is 0.504. The summed E-state index contributed by atoms with van der Waals surface area (Å²) >= 11 is 0. The Hall–Kier alpha value is -2.54. The summed E-state index contributed by atoms with van der Waals surface area (Å²) in [6.45, 7) is 7.69. The molecule has 6 nitrogen and oxygen atoms in total. The van der Waals surface area contributed by atoms with Crippen LogP contribution >= 0.6 is 0 Å². The minimum Gasteiger partial charge on any atom is -0.494 e. The van der Waals surface area contributed by atoms with Crippen molar-refractivity contribution in [3.05, 3.63) is 40.8 Å². The van der Waals surface area contributed by atoms with Crippen LogP contribution in [0.3, 0.4) is 0 Å². The van der Waals surface area contributed by atoms with Crippen molar-refractivity contribution in [2.45, 2.75) is 57.4 Å². The number of rotatable bonds is 6. The third-order valence-corrected chi connectivity index (χ3v) is 6.94. The van der Waals surface area contributed by atoms with E-state index in [2.05, 4.69) is 10.1 Å². The number of likely N-dealkylation sites (tertiary alicyclic amines) is 1. The smallest absolute Gasteiger partial charge is 0.198 e. The van der Waals surface area contributed by atoms with Gasteiger partial charge in [0.05, 0.1) is 5.69 Å². The van der Waals surface area contributed by atoms with Crippen molar-refractivity contribution in [3.63, 3.8) is 0 Å². The summed E-state index contributed by atoms with van der Waals surface area (Å²) in [5.41, 5.74) is 3.09. The van der Waals surface area contributed by atoms with Gasteiger partial charge in [-0.3, -0.25) is 4.57 Å². The van der Waals surface area contributed by atoms with Crippen molar-refractivity contribution >= 4 is 11.0 Å². The molecule has 30 heavy (non-hydrogen) atoms. The van der Waals surface area contributed by atoms with Gasteiger partial charge < -0.3 is 19.6 Å². The Morgan fingerprint density at radius 1 is 1.10 bits per heavy atom. The van der Waals surface area contributed by atoms with Crippen LogP contribution in [0.5, 0.6) is 11.8 Å². The fourth-order valence-electron chi connectivity index (χ4n) is 5.09. The van der Waals surface area contributed by atoms with Crippen LogP contribution in [0.4, 0.5) is 4.39 Å². The maximum absolute atomic E-state index is 13.4. The number of fused-ring (bicyclic) bond motifs is 2. The maximum Gasteiger partial charge on any atom is 0.198 e. The van der Waals surface area contributed by atoms with Gasteiger partial charge in [0.15, 0.2) is 17.3 Å². The normalized spacial score (nSPS) is 18.8. The van der Waals surface area contributed by atoms with Crippen molar-refractivity contribution in [1.82, 2.24) is 14.6 Å². The van der Waals surface area contributed by atoms with Crippen LogP contribution < -0.4 is 0 Å². The highest BCUT2D eigenvalue weighted by Crippen LogP contribution is 2.60. The van der Waals surface area contributed by atoms with E-state index in [1.165, 1.54) is 12.1 Å². The Bertz CT molecular complexity index is 1060. The first-order chi connectivity index (χ1) is 14.4. The van der Waals surface area contributed by atoms with Crippen molar-refractivity contribution in [3.8, 4) is 11.8 Å². The van der Waals surface area contributed by atoms with Crippen molar-refractivity contribution in [2.24, 2.45) is 0 Å². The van der Waals surface area contributed by atoms with Gasteiger partial charge in [0, 0.05) is 40.5 Å². The monoisotopic (exact) mass is 413 g/mol. The quantitative estimate of drug-likeness (QED) is 0.583. The van der Waals surface area contributed by atoms with Crippen molar-refractivity contribution in [1.29, 1.82) is 0 Å². The molecule has 160 valence electrons. The Morgan fingerprint density at radius 2 is 1.77 bits per heavy atom. The van der Waals surface area contributed by atoms with E-state index >= 15 is 0 Å². The third-order valence-electron chi connectivity index (χ3n) is 6.94. The predicted octanol–water partition coefficient (Wildman–Crippen LogP) is 4.48.